The van der Waals surface area contributed by atoms with E-state index in [1.165, 1.54) is 6.07 Å². The third kappa shape index (κ3) is 2.68. The minimum atomic E-state index is -0.263. The van der Waals surface area contributed by atoms with Crippen LogP contribution in [-0.2, 0) is 0 Å². The van der Waals surface area contributed by atoms with Crippen molar-refractivity contribution in [3.63, 3.8) is 0 Å². The van der Waals surface area contributed by atoms with Crippen molar-refractivity contribution in [1.82, 2.24) is 0 Å². The lowest BCUT2D eigenvalue weighted by molar-refractivity contribution is 0.482. The maximum atomic E-state index is 13.1. The van der Waals surface area contributed by atoms with Crippen LogP contribution in [0, 0.1) is 12.7 Å². The van der Waals surface area contributed by atoms with E-state index < -0.39 is 0 Å². The molecule has 0 bridgehead atoms. The summed E-state index contributed by atoms with van der Waals surface area (Å²) in [5.74, 6) is 0.778. The van der Waals surface area contributed by atoms with E-state index in [4.69, 9.17) is 22.1 Å². The summed E-state index contributed by atoms with van der Waals surface area (Å²) < 4.78 is 18.6. The minimum absolute atomic E-state index is 0.263. The van der Waals surface area contributed by atoms with Gasteiger partial charge in [-0.1, -0.05) is 11.6 Å². The fourth-order valence-electron chi connectivity index (χ4n) is 1.42. The van der Waals surface area contributed by atoms with Gasteiger partial charge in [0.1, 0.15) is 17.3 Å². The molecule has 17 heavy (non-hydrogen) atoms. The van der Waals surface area contributed by atoms with Crippen LogP contribution in [0.15, 0.2) is 36.4 Å². The number of nitrogen functional groups attached to an aromatic ring is 1. The van der Waals surface area contributed by atoms with Crippen LogP contribution in [0.2, 0.25) is 5.02 Å². The van der Waals surface area contributed by atoms with Gasteiger partial charge < -0.3 is 10.5 Å². The molecule has 0 spiro atoms. The molecular formula is C13H11ClFNO. The van der Waals surface area contributed by atoms with Crippen LogP contribution >= 0.6 is 11.6 Å². The van der Waals surface area contributed by atoms with Gasteiger partial charge >= 0.3 is 0 Å². The van der Waals surface area contributed by atoms with Gasteiger partial charge in [-0.3, -0.25) is 0 Å². The number of anilines is 1. The van der Waals surface area contributed by atoms with Crippen LogP contribution in [0.1, 0.15) is 5.56 Å². The molecule has 2 aromatic rings. The molecule has 88 valence electrons. The molecule has 0 saturated carbocycles. The van der Waals surface area contributed by atoms with E-state index in [-0.39, 0.29) is 5.82 Å². The van der Waals surface area contributed by atoms with Crippen LogP contribution in [0.4, 0.5) is 10.1 Å². The predicted molar refractivity (Wildman–Crippen MR) is 67.1 cm³/mol. The largest absolute Gasteiger partial charge is 0.455 e. The van der Waals surface area contributed by atoms with Gasteiger partial charge in [-0.2, -0.15) is 0 Å². The van der Waals surface area contributed by atoms with Crippen molar-refractivity contribution >= 4 is 17.3 Å². The van der Waals surface area contributed by atoms with Gasteiger partial charge in [-0.05, 0) is 48.9 Å². The molecule has 2 N–H and O–H groups in total. The van der Waals surface area contributed by atoms with Crippen LogP contribution < -0.4 is 10.5 Å². The van der Waals surface area contributed by atoms with E-state index in [1.807, 2.05) is 0 Å². The van der Waals surface area contributed by atoms with E-state index in [1.54, 1.807) is 37.3 Å². The van der Waals surface area contributed by atoms with E-state index in [2.05, 4.69) is 0 Å². The number of nitrogens with two attached hydrogens (primary N) is 1. The van der Waals surface area contributed by atoms with E-state index in [0.29, 0.717) is 27.8 Å². The third-order valence-electron chi connectivity index (χ3n) is 2.33. The SMILES string of the molecule is Cc1cc(Oc2ccc(Cl)cc2N)ccc1F. The molecule has 2 rings (SSSR count). The Kier molecular flexibility index (Phi) is 3.20. The van der Waals surface area contributed by atoms with Crippen molar-refractivity contribution in [2.75, 3.05) is 5.73 Å². The van der Waals surface area contributed by atoms with Crippen molar-refractivity contribution in [3.8, 4) is 11.5 Å². The summed E-state index contributed by atoms with van der Waals surface area (Å²) in [4.78, 5) is 0. The zero-order valence-electron chi connectivity index (χ0n) is 9.21. The highest BCUT2D eigenvalue weighted by Crippen LogP contribution is 2.30. The van der Waals surface area contributed by atoms with Gasteiger partial charge in [0.15, 0.2) is 0 Å². The van der Waals surface area contributed by atoms with Crippen molar-refractivity contribution < 1.29 is 9.13 Å². The molecule has 2 nitrogen and oxygen atoms in total. The molecule has 0 atom stereocenters. The van der Waals surface area contributed by atoms with Gasteiger partial charge in [-0.15, -0.1) is 0 Å². The molecule has 0 unspecified atom stereocenters. The van der Waals surface area contributed by atoms with Crippen LogP contribution in [0.5, 0.6) is 11.5 Å². The highest BCUT2D eigenvalue weighted by molar-refractivity contribution is 6.30. The summed E-state index contributed by atoms with van der Waals surface area (Å²) in [6.45, 7) is 1.67. The van der Waals surface area contributed by atoms with Crippen LogP contribution in [0.3, 0.4) is 0 Å². The Bertz CT molecular complexity index is 557. The summed E-state index contributed by atoms with van der Waals surface area (Å²) in [5.41, 5.74) is 6.72. The second-order valence-corrected chi connectivity index (χ2v) is 4.13. The maximum absolute atomic E-state index is 13.1. The lowest BCUT2D eigenvalue weighted by atomic mass is 10.2. The van der Waals surface area contributed by atoms with E-state index in [9.17, 15) is 4.39 Å². The first-order chi connectivity index (χ1) is 8.06. The highest BCUT2D eigenvalue weighted by Gasteiger charge is 2.04. The van der Waals surface area contributed by atoms with Crippen LogP contribution in [0.25, 0.3) is 0 Å². The topological polar surface area (TPSA) is 35.2 Å². The van der Waals surface area contributed by atoms with E-state index in [0.717, 1.165) is 0 Å². The Morgan fingerprint density at radius 1 is 1.18 bits per heavy atom. The first-order valence-corrected chi connectivity index (χ1v) is 5.43. The van der Waals surface area contributed by atoms with Crippen molar-refractivity contribution in [3.05, 3.63) is 52.8 Å². The van der Waals surface area contributed by atoms with Crippen molar-refractivity contribution in [2.24, 2.45) is 0 Å². The molecule has 4 heteroatoms. The van der Waals surface area contributed by atoms with Gasteiger partial charge in [0.05, 0.1) is 5.69 Å². The molecule has 0 aliphatic heterocycles. The Morgan fingerprint density at radius 2 is 1.94 bits per heavy atom. The maximum Gasteiger partial charge on any atom is 0.150 e. The van der Waals surface area contributed by atoms with Gasteiger partial charge in [0.25, 0.3) is 0 Å². The summed E-state index contributed by atoms with van der Waals surface area (Å²) in [5, 5.41) is 0.546. The minimum Gasteiger partial charge on any atom is -0.455 e. The third-order valence-corrected chi connectivity index (χ3v) is 2.56. The molecule has 0 aromatic heterocycles. The summed E-state index contributed by atoms with van der Waals surface area (Å²) in [7, 11) is 0. The second-order valence-electron chi connectivity index (χ2n) is 3.70. The zero-order chi connectivity index (χ0) is 12.4. The number of ether oxygens (including phenoxy) is 1. The standard InChI is InChI=1S/C13H11ClFNO/c1-8-6-10(3-4-11(8)15)17-13-5-2-9(14)7-12(13)16/h2-7H,16H2,1H3. The Balaban J connectivity index is 2.28. The number of aryl methyl sites for hydroxylation is 1. The fraction of sp³-hybridized carbons (Fsp3) is 0.0769. The summed E-state index contributed by atoms with van der Waals surface area (Å²) in [6.07, 6.45) is 0. The molecule has 0 aliphatic carbocycles. The Hall–Kier alpha value is -1.74. The molecule has 0 fully saturated rings. The molecule has 0 heterocycles. The summed E-state index contributed by atoms with van der Waals surface area (Å²) in [6, 6.07) is 9.49. The normalized spacial score (nSPS) is 10.3. The highest BCUT2D eigenvalue weighted by atomic mass is 35.5. The quantitative estimate of drug-likeness (QED) is 0.814. The van der Waals surface area contributed by atoms with Gasteiger partial charge in [-0.25, -0.2) is 4.39 Å². The molecular weight excluding hydrogens is 241 g/mol. The average Bonchev–Trinajstić information content (AvgIpc) is 2.27. The predicted octanol–water partition coefficient (Wildman–Crippen LogP) is 4.16. The Labute approximate surface area is 104 Å². The molecule has 2 aromatic carbocycles. The molecule has 0 saturated heterocycles. The lowest BCUT2D eigenvalue weighted by Crippen LogP contribution is -1.92. The lowest BCUT2D eigenvalue weighted by Gasteiger charge is -2.09. The van der Waals surface area contributed by atoms with Gasteiger partial charge in [0, 0.05) is 5.02 Å². The second kappa shape index (κ2) is 4.63. The summed E-state index contributed by atoms with van der Waals surface area (Å²) >= 11 is 5.78. The van der Waals surface area contributed by atoms with Crippen LogP contribution in [-0.4, -0.2) is 0 Å². The van der Waals surface area contributed by atoms with Gasteiger partial charge in [0.2, 0.25) is 0 Å². The van der Waals surface area contributed by atoms with E-state index >= 15 is 0 Å². The zero-order valence-corrected chi connectivity index (χ0v) is 9.96. The molecule has 0 radical (unpaired) electrons. The monoisotopic (exact) mass is 251 g/mol. The first-order valence-electron chi connectivity index (χ1n) is 5.05. The molecule has 0 aliphatic rings. The van der Waals surface area contributed by atoms with Crippen molar-refractivity contribution in [2.45, 2.75) is 6.92 Å². The number of benzene rings is 2. The smallest absolute Gasteiger partial charge is 0.150 e. The van der Waals surface area contributed by atoms with Crippen molar-refractivity contribution in [1.29, 1.82) is 0 Å². The number of hydrogen-bond acceptors (Lipinski definition) is 2. The Morgan fingerprint density at radius 3 is 2.59 bits per heavy atom. The fourth-order valence-corrected chi connectivity index (χ4v) is 1.60. The first kappa shape index (κ1) is 11.7. The average molecular weight is 252 g/mol. The molecule has 0 amide bonds. The number of rotatable bonds is 2. The number of halogens is 2. The number of hydrogen-bond donors (Lipinski definition) is 1.